The maximum absolute atomic E-state index is 9.31. The molecule has 0 bridgehead atoms. The molecule has 0 aliphatic heterocycles. The van der Waals surface area contributed by atoms with E-state index in [1.807, 2.05) is 26.0 Å². The maximum Gasteiger partial charge on any atom is 0.249 e. The maximum atomic E-state index is 9.31. The van der Waals surface area contributed by atoms with Gasteiger partial charge in [-0.15, -0.1) is 0 Å². The monoisotopic (exact) mass is 227 g/mol. The number of benzene rings is 1. The van der Waals surface area contributed by atoms with Crippen LogP contribution in [0.1, 0.15) is 17.0 Å². The Morgan fingerprint density at radius 2 is 1.82 bits per heavy atom. The third-order valence-electron chi connectivity index (χ3n) is 2.17. The molecule has 1 N–H and O–H groups in total. The summed E-state index contributed by atoms with van der Waals surface area (Å²) in [6.07, 6.45) is 1.63. The SMILES string of the molecule is Cc1cc(C)nc(N=Cc2cccc(O)c2)n1. The number of aryl methyl sites for hydroxylation is 2. The lowest BCUT2D eigenvalue weighted by Crippen LogP contribution is -1.89. The minimum Gasteiger partial charge on any atom is -0.508 e. The summed E-state index contributed by atoms with van der Waals surface area (Å²) in [6, 6.07) is 8.76. The number of aromatic nitrogens is 2. The van der Waals surface area contributed by atoms with E-state index in [9.17, 15) is 5.11 Å². The highest BCUT2D eigenvalue weighted by molar-refractivity contribution is 5.81. The molecule has 0 amide bonds. The summed E-state index contributed by atoms with van der Waals surface area (Å²) in [7, 11) is 0. The second-order valence-electron chi connectivity index (χ2n) is 3.80. The van der Waals surface area contributed by atoms with Crippen molar-refractivity contribution < 1.29 is 5.11 Å². The molecule has 0 fully saturated rings. The van der Waals surface area contributed by atoms with Crippen LogP contribution in [-0.4, -0.2) is 21.3 Å². The molecule has 4 heteroatoms. The number of nitrogens with zero attached hydrogens (tertiary/aromatic N) is 3. The summed E-state index contributed by atoms with van der Waals surface area (Å²) in [6.45, 7) is 3.81. The Hall–Kier alpha value is -2.23. The molecular weight excluding hydrogens is 214 g/mol. The lowest BCUT2D eigenvalue weighted by molar-refractivity contribution is 0.475. The summed E-state index contributed by atoms with van der Waals surface area (Å²) in [5.41, 5.74) is 2.59. The summed E-state index contributed by atoms with van der Waals surface area (Å²) >= 11 is 0. The Kier molecular flexibility index (Phi) is 3.14. The van der Waals surface area contributed by atoms with E-state index >= 15 is 0 Å². The number of hydrogen-bond acceptors (Lipinski definition) is 4. The Labute approximate surface area is 99.7 Å². The van der Waals surface area contributed by atoms with Crippen molar-refractivity contribution in [2.24, 2.45) is 4.99 Å². The van der Waals surface area contributed by atoms with Gasteiger partial charge in [-0.1, -0.05) is 12.1 Å². The first-order valence-electron chi connectivity index (χ1n) is 5.29. The number of phenols is 1. The van der Waals surface area contributed by atoms with Crippen LogP contribution in [0, 0.1) is 13.8 Å². The van der Waals surface area contributed by atoms with Crippen LogP contribution in [0.5, 0.6) is 5.75 Å². The van der Waals surface area contributed by atoms with Gasteiger partial charge in [0.2, 0.25) is 5.95 Å². The van der Waals surface area contributed by atoms with Crippen molar-refractivity contribution in [1.29, 1.82) is 0 Å². The van der Waals surface area contributed by atoms with Crippen LogP contribution >= 0.6 is 0 Å². The van der Waals surface area contributed by atoms with E-state index < -0.39 is 0 Å². The Bertz CT molecular complexity index is 544. The van der Waals surface area contributed by atoms with Crippen LogP contribution in [0.25, 0.3) is 0 Å². The Morgan fingerprint density at radius 1 is 1.12 bits per heavy atom. The molecule has 2 rings (SSSR count). The van der Waals surface area contributed by atoms with Crippen molar-refractivity contribution in [3.63, 3.8) is 0 Å². The molecule has 86 valence electrons. The predicted molar refractivity (Wildman–Crippen MR) is 66.9 cm³/mol. The number of rotatable bonds is 2. The zero-order valence-electron chi connectivity index (χ0n) is 9.75. The molecule has 17 heavy (non-hydrogen) atoms. The highest BCUT2D eigenvalue weighted by Crippen LogP contribution is 2.11. The zero-order chi connectivity index (χ0) is 12.3. The molecule has 1 aromatic heterocycles. The van der Waals surface area contributed by atoms with Crippen LogP contribution in [0.2, 0.25) is 0 Å². The average molecular weight is 227 g/mol. The van der Waals surface area contributed by atoms with Gasteiger partial charge < -0.3 is 5.11 Å². The summed E-state index contributed by atoms with van der Waals surface area (Å²) in [4.78, 5) is 12.6. The smallest absolute Gasteiger partial charge is 0.249 e. The van der Waals surface area contributed by atoms with E-state index in [1.165, 1.54) is 0 Å². The van der Waals surface area contributed by atoms with Crippen molar-refractivity contribution in [3.05, 3.63) is 47.3 Å². The Morgan fingerprint density at radius 3 is 2.47 bits per heavy atom. The molecule has 4 nitrogen and oxygen atoms in total. The lowest BCUT2D eigenvalue weighted by atomic mass is 10.2. The molecule has 0 aliphatic rings. The Balaban J connectivity index is 2.25. The van der Waals surface area contributed by atoms with Gasteiger partial charge in [-0.05, 0) is 37.6 Å². The van der Waals surface area contributed by atoms with Gasteiger partial charge >= 0.3 is 0 Å². The molecule has 0 aliphatic carbocycles. The second-order valence-corrected chi connectivity index (χ2v) is 3.80. The van der Waals surface area contributed by atoms with E-state index in [-0.39, 0.29) is 5.75 Å². The summed E-state index contributed by atoms with van der Waals surface area (Å²) in [5.74, 6) is 0.654. The fraction of sp³-hybridized carbons (Fsp3) is 0.154. The van der Waals surface area contributed by atoms with Crippen molar-refractivity contribution in [1.82, 2.24) is 9.97 Å². The van der Waals surface area contributed by atoms with Crippen LogP contribution in [0.3, 0.4) is 0 Å². The van der Waals surface area contributed by atoms with Crippen molar-refractivity contribution in [2.45, 2.75) is 13.8 Å². The molecule has 0 saturated heterocycles. The molecule has 0 atom stereocenters. The van der Waals surface area contributed by atoms with E-state index in [0.29, 0.717) is 5.95 Å². The van der Waals surface area contributed by atoms with Gasteiger partial charge in [-0.25, -0.2) is 15.0 Å². The second kappa shape index (κ2) is 4.74. The van der Waals surface area contributed by atoms with Crippen molar-refractivity contribution in [2.75, 3.05) is 0 Å². The van der Waals surface area contributed by atoms with E-state index in [4.69, 9.17) is 0 Å². The highest BCUT2D eigenvalue weighted by atomic mass is 16.3. The van der Waals surface area contributed by atoms with E-state index in [0.717, 1.165) is 17.0 Å². The van der Waals surface area contributed by atoms with E-state index in [2.05, 4.69) is 15.0 Å². The van der Waals surface area contributed by atoms with Gasteiger partial charge in [0.1, 0.15) is 5.75 Å². The van der Waals surface area contributed by atoms with Crippen LogP contribution in [0.15, 0.2) is 35.3 Å². The number of aromatic hydroxyl groups is 1. The molecule has 0 spiro atoms. The van der Waals surface area contributed by atoms with Crippen LogP contribution in [-0.2, 0) is 0 Å². The quantitative estimate of drug-likeness (QED) is 0.802. The number of aliphatic imine (C=N–C) groups is 1. The van der Waals surface area contributed by atoms with Gasteiger partial charge in [-0.3, -0.25) is 0 Å². The molecular formula is C13H13N3O. The van der Waals surface area contributed by atoms with Gasteiger partial charge in [0.15, 0.2) is 0 Å². The average Bonchev–Trinajstić information content (AvgIpc) is 2.25. The van der Waals surface area contributed by atoms with Gasteiger partial charge in [0, 0.05) is 17.6 Å². The minimum atomic E-state index is 0.218. The van der Waals surface area contributed by atoms with Crippen LogP contribution in [0.4, 0.5) is 5.95 Å². The normalized spacial score (nSPS) is 10.9. The summed E-state index contributed by atoms with van der Waals surface area (Å²) in [5, 5.41) is 9.31. The van der Waals surface area contributed by atoms with E-state index in [1.54, 1.807) is 24.4 Å². The lowest BCUT2D eigenvalue weighted by Gasteiger charge is -1.98. The van der Waals surface area contributed by atoms with Gasteiger partial charge in [0.05, 0.1) is 0 Å². The van der Waals surface area contributed by atoms with Crippen molar-refractivity contribution >= 4 is 12.2 Å². The minimum absolute atomic E-state index is 0.218. The van der Waals surface area contributed by atoms with Crippen molar-refractivity contribution in [3.8, 4) is 5.75 Å². The first-order chi connectivity index (χ1) is 8.13. The van der Waals surface area contributed by atoms with Crippen LogP contribution < -0.4 is 0 Å². The number of phenolic OH excluding ortho intramolecular Hbond substituents is 1. The molecule has 2 aromatic rings. The molecule has 1 heterocycles. The van der Waals surface area contributed by atoms with Gasteiger partial charge in [-0.2, -0.15) is 0 Å². The third kappa shape index (κ3) is 3.11. The molecule has 0 saturated carbocycles. The fourth-order valence-electron chi connectivity index (χ4n) is 1.50. The molecule has 0 unspecified atom stereocenters. The third-order valence-corrected chi connectivity index (χ3v) is 2.17. The topological polar surface area (TPSA) is 58.4 Å². The number of hydrogen-bond donors (Lipinski definition) is 1. The highest BCUT2D eigenvalue weighted by Gasteiger charge is 1.96. The zero-order valence-corrected chi connectivity index (χ0v) is 9.75. The molecule has 1 aromatic carbocycles. The van der Waals surface area contributed by atoms with Gasteiger partial charge in [0.25, 0.3) is 0 Å². The fourth-order valence-corrected chi connectivity index (χ4v) is 1.50. The first kappa shape index (κ1) is 11.3. The largest absolute Gasteiger partial charge is 0.508 e. The predicted octanol–water partition coefficient (Wildman–Crippen LogP) is 2.55. The summed E-state index contributed by atoms with van der Waals surface area (Å²) < 4.78 is 0. The standard InChI is InChI=1S/C13H13N3O/c1-9-6-10(2)16-13(15-9)14-8-11-4-3-5-12(17)7-11/h3-8,17H,1-2H3. The molecule has 0 radical (unpaired) electrons. The first-order valence-corrected chi connectivity index (χ1v) is 5.29.